The fourth-order valence-electron chi connectivity index (χ4n) is 3.45. The summed E-state index contributed by atoms with van der Waals surface area (Å²) in [6.07, 6.45) is 6.99. The molecule has 6 nitrogen and oxygen atoms in total. The van der Waals surface area contributed by atoms with Crippen LogP contribution >= 0.6 is 0 Å². The first-order valence-corrected chi connectivity index (χ1v) is 7.70. The number of fused-ring (bicyclic) bond motifs is 1. The van der Waals surface area contributed by atoms with Crippen molar-refractivity contribution in [1.29, 1.82) is 0 Å². The van der Waals surface area contributed by atoms with Crippen LogP contribution in [0.3, 0.4) is 0 Å². The van der Waals surface area contributed by atoms with E-state index >= 15 is 0 Å². The van der Waals surface area contributed by atoms with E-state index in [9.17, 15) is 0 Å². The highest BCUT2D eigenvalue weighted by molar-refractivity contribution is 5.84. The molecule has 2 N–H and O–H groups in total. The van der Waals surface area contributed by atoms with Crippen LogP contribution in [-0.2, 0) is 13.6 Å². The van der Waals surface area contributed by atoms with Gasteiger partial charge < -0.3 is 5.73 Å². The quantitative estimate of drug-likeness (QED) is 0.934. The van der Waals surface area contributed by atoms with E-state index in [4.69, 9.17) is 5.73 Å². The molecule has 0 amide bonds. The Morgan fingerprint density at radius 2 is 2.10 bits per heavy atom. The van der Waals surface area contributed by atoms with E-state index in [0.29, 0.717) is 11.9 Å². The Morgan fingerprint density at radius 1 is 1.33 bits per heavy atom. The molecular weight excluding hydrogens is 264 g/mol. The zero-order chi connectivity index (χ0) is 15.0. The lowest BCUT2D eigenvalue weighted by Gasteiger charge is -2.35. The van der Waals surface area contributed by atoms with Crippen molar-refractivity contribution in [2.24, 2.45) is 13.0 Å². The van der Waals surface area contributed by atoms with Crippen LogP contribution in [0.15, 0.2) is 6.20 Å². The van der Waals surface area contributed by atoms with Gasteiger partial charge in [-0.2, -0.15) is 5.10 Å². The van der Waals surface area contributed by atoms with Gasteiger partial charge in [0.1, 0.15) is 11.6 Å². The number of nitrogens with two attached hydrogens (primary N) is 1. The molecule has 2 heterocycles. The SMILES string of the molecule is CC1CCCCC1N(C)Cc1nc(N)c2cnn(C)c2n1. The third-order valence-corrected chi connectivity index (χ3v) is 4.69. The Morgan fingerprint density at radius 3 is 2.86 bits per heavy atom. The molecule has 0 aromatic carbocycles. The summed E-state index contributed by atoms with van der Waals surface area (Å²) in [5, 5.41) is 5.03. The summed E-state index contributed by atoms with van der Waals surface area (Å²) in [5.74, 6) is 2.04. The van der Waals surface area contributed by atoms with E-state index in [1.807, 2.05) is 7.05 Å². The molecule has 21 heavy (non-hydrogen) atoms. The zero-order valence-corrected chi connectivity index (χ0v) is 13.1. The topological polar surface area (TPSA) is 72.9 Å². The molecule has 3 rings (SSSR count). The van der Waals surface area contributed by atoms with Crippen LogP contribution in [0.1, 0.15) is 38.4 Å². The molecule has 0 bridgehead atoms. The van der Waals surface area contributed by atoms with Crippen molar-refractivity contribution in [3.63, 3.8) is 0 Å². The lowest BCUT2D eigenvalue weighted by molar-refractivity contribution is 0.130. The number of nitrogen functional groups attached to an aromatic ring is 1. The minimum absolute atomic E-state index is 0.521. The number of aryl methyl sites for hydroxylation is 1. The first-order chi connectivity index (χ1) is 10.1. The summed E-state index contributed by atoms with van der Waals surface area (Å²) in [5.41, 5.74) is 6.84. The second-order valence-electron chi connectivity index (χ2n) is 6.27. The normalized spacial score (nSPS) is 23.0. The molecular formula is C15H24N6. The highest BCUT2D eigenvalue weighted by Gasteiger charge is 2.25. The molecule has 1 fully saturated rings. The van der Waals surface area contributed by atoms with Crippen LogP contribution in [-0.4, -0.2) is 37.7 Å². The van der Waals surface area contributed by atoms with Gasteiger partial charge in [-0.25, -0.2) is 9.97 Å². The lowest BCUT2D eigenvalue weighted by Crippen LogP contribution is -2.38. The third kappa shape index (κ3) is 2.72. The van der Waals surface area contributed by atoms with Crippen molar-refractivity contribution in [3.05, 3.63) is 12.0 Å². The molecule has 114 valence electrons. The molecule has 2 aromatic rings. The average molecular weight is 288 g/mol. The van der Waals surface area contributed by atoms with Gasteiger partial charge >= 0.3 is 0 Å². The largest absolute Gasteiger partial charge is 0.383 e. The summed E-state index contributed by atoms with van der Waals surface area (Å²) >= 11 is 0. The molecule has 1 aliphatic rings. The summed E-state index contributed by atoms with van der Waals surface area (Å²) in [6.45, 7) is 3.08. The molecule has 6 heteroatoms. The molecule has 2 aromatic heterocycles. The zero-order valence-electron chi connectivity index (χ0n) is 13.1. The Kier molecular flexibility index (Phi) is 3.80. The fraction of sp³-hybridized carbons (Fsp3) is 0.667. The van der Waals surface area contributed by atoms with Crippen molar-refractivity contribution in [2.45, 2.75) is 45.2 Å². The Hall–Kier alpha value is -1.69. The van der Waals surface area contributed by atoms with Gasteiger partial charge in [-0.1, -0.05) is 19.8 Å². The van der Waals surface area contributed by atoms with Crippen molar-refractivity contribution < 1.29 is 0 Å². The average Bonchev–Trinajstić information content (AvgIpc) is 2.81. The minimum Gasteiger partial charge on any atom is -0.383 e. The standard InChI is InChI=1S/C15H24N6/c1-10-6-4-5-7-12(10)20(2)9-13-18-14(16)11-8-17-21(3)15(11)19-13/h8,10,12H,4-7,9H2,1-3H3,(H2,16,18,19). The molecule has 1 saturated carbocycles. The maximum Gasteiger partial charge on any atom is 0.163 e. The van der Waals surface area contributed by atoms with E-state index in [0.717, 1.165) is 29.3 Å². The number of hydrogen-bond acceptors (Lipinski definition) is 5. The van der Waals surface area contributed by atoms with Crippen molar-refractivity contribution in [3.8, 4) is 0 Å². The van der Waals surface area contributed by atoms with Crippen LogP contribution in [0.2, 0.25) is 0 Å². The summed E-state index contributed by atoms with van der Waals surface area (Å²) in [6, 6.07) is 0.616. The van der Waals surface area contributed by atoms with Gasteiger partial charge in [0.2, 0.25) is 0 Å². The van der Waals surface area contributed by atoms with Gasteiger partial charge in [0.25, 0.3) is 0 Å². The van der Waals surface area contributed by atoms with Crippen LogP contribution in [0.25, 0.3) is 11.0 Å². The summed E-state index contributed by atoms with van der Waals surface area (Å²) in [7, 11) is 4.05. The number of rotatable bonds is 3. The molecule has 2 atom stereocenters. The van der Waals surface area contributed by atoms with E-state index < -0.39 is 0 Å². The van der Waals surface area contributed by atoms with E-state index in [1.54, 1.807) is 10.9 Å². The second kappa shape index (κ2) is 5.60. The van der Waals surface area contributed by atoms with Gasteiger partial charge in [-0.15, -0.1) is 0 Å². The molecule has 0 spiro atoms. The maximum absolute atomic E-state index is 6.03. The second-order valence-corrected chi connectivity index (χ2v) is 6.27. The molecule has 0 aliphatic heterocycles. The Bertz CT molecular complexity index is 634. The van der Waals surface area contributed by atoms with Crippen molar-refractivity contribution >= 4 is 16.9 Å². The fourth-order valence-corrected chi connectivity index (χ4v) is 3.45. The molecule has 0 radical (unpaired) electrons. The third-order valence-electron chi connectivity index (χ3n) is 4.69. The number of aromatic nitrogens is 4. The lowest BCUT2D eigenvalue weighted by atomic mass is 9.85. The number of anilines is 1. The molecule has 0 saturated heterocycles. The van der Waals surface area contributed by atoms with Crippen LogP contribution in [0.5, 0.6) is 0 Å². The predicted octanol–water partition coefficient (Wildman–Crippen LogP) is 1.96. The van der Waals surface area contributed by atoms with Crippen LogP contribution in [0.4, 0.5) is 5.82 Å². The van der Waals surface area contributed by atoms with Gasteiger partial charge in [0, 0.05) is 13.1 Å². The Balaban J connectivity index is 1.82. The molecule has 1 aliphatic carbocycles. The first kappa shape index (κ1) is 14.3. The number of hydrogen-bond donors (Lipinski definition) is 1. The van der Waals surface area contributed by atoms with Crippen LogP contribution in [0, 0.1) is 5.92 Å². The van der Waals surface area contributed by atoms with Gasteiger partial charge in [0.05, 0.1) is 18.1 Å². The highest BCUT2D eigenvalue weighted by Crippen LogP contribution is 2.28. The van der Waals surface area contributed by atoms with Gasteiger partial charge in [-0.3, -0.25) is 9.58 Å². The summed E-state index contributed by atoms with van der Waals surface area (Å²) in [4.78, 5) is 11.4. The first-order valence-electron chi connectivity index (χ1n) is 7.70. The van der Waals surface area contributed by atoms with Gasteiger partial charge in [-0.05, 0) is 25.8 Å². The van der Waals surface area contributed by atoms with Crippen molar-refractivity contribution in [2.75, 3.05) is 12.8 Å². The van der Waals surface area contributed by atoms with Crippen LogP contribution < -0.4 is 5.73 Å². The van der Waals surface area contributed by atoms with E-state index in [1.165, 1.54) is 25.7 Å². The van der Waals surface area contributed by atoms with E-state index in [-0.39, 0.29) is 0 Å². The monoisotopic (exact) mass is 288 g/mol. The van der Waals surface area contributed by atoms with Gasteiger partial charge in [0.15, 0.2) is 5.65 Å². The smallest absolute Gasteiger partial charge is 0.163 e. The van der Waals surface area contributed by atoms with E-state index in [2.05, 4.69) is 33.9 Å². The minimum atomic E-state index is 0.521. The number of nitrogens with zero attached hydrogens (tertiary/aromatic N) is 5. The molecule has 2 unspecified atom stereocenters. The maximum atomic E-state index is 6.03. The van der Waals surface area contributed by atoms with Crippen molar-refractivity contribution in [1.82, 2.24) is 24.6 Å². The Labute approximate surface area is 125 Å². The highest BCUT2D eigenvalue weighted by atomic mass is 15.3. The summed E-state index contributed by atoms with van der Waals surface area (Å²) < 4.78 is 1.75. The predicted molar refractivity (Wildman–Crippen MR) is 83.6 cm³/mol.